The first kappa shape index (κ1) is 32.0. The maximum absolute atomic E-state index is 13.3. The summed E-state index contributed by atoms with van der Waals surface area (Å²) in [5, 5.41) is 17.7. The minimum absolute atomic E-state index is 0.00946. The fourth-order valence-electron chi connectivity index (χ4n) is 7.55. The topological polar surface area (TPSA) is 116 Å². The van der Waals surface area contributed by atoms with Crippen molar-refractivity contribution in [2.24, 2.45) is 11.8 Å². The molecule has 3 aromatic carbocycles. The number of hydrogen-bond donors (Lipinski definition) is 3. The molecule has 2 aliphatic heterocycles. The van der Waals surface area contributed by atoms with Crippen molar-refractivity contribution in [2.75, 3.05) is 13.1 Å². The Morgan fingerprint density at radius 3 is 2.13 bits per heavy atom. The summed E-state index contributed by atoms with van der Waals surface area (Å²) in [6, 6.07) is 21.8. The summed E-state index contributed by atoms with van der Waals surface area (Å²) in [6.07, 6.45) is 4.41. The number of hydrogen-bond acceptors (Lipinski definition) is 5. The van der Waals surface area contributed by atoms with Crippen molar-refractivity contribution in [3.63, 3.8) is 0 Å². The molecule has 1 saturated carbocycles. The van der Waals surface area contributed by atoms with Crippen molar-refractivity contribution in [1.82, 2.24) is 14.9 Å². The summed E-state index contributed by atoms with van der Waals surface area (Å²) in [6.45, 7) is 0.643. The van der Waals surface area contributed by atoms with E-state index < -0.39 is 16.0 Å². The lowest BCUT2D eigenvalue weighted by atomic mass is 9.65. The second-order valence-corrected chi connectivity index (χ2v) is 15.3. The maximum Gasteiger partial charge on any atom is 0.335 e. The standard InChI is InChI=1S/C34H37Cl2N3O5S/c35-25-9-4-21(5-10-25)33(22-6-11-26(36)12-7-22)23-8-13-30-29(19-23)31(20-32(40)38-30)37-27-14-16-39(17-15-27)45(43,44)28-3-1-2-24(18-28)34(41)42/h1-7,9-12,18,23,27,29-31,33,37H,8,13-17,19-20H2,(H,38,40)(H,41,42). The van der Waals surface area contributed by atoms with Crippen molar-refractivity contribution in [3.05, 3.63) is 99.5 Å². The molecule has 2 saturated heterocycles. The van der Waals surface area contributed by atoms with Crippen LogP contribution in [0.3, 0.4) is 0 Å². The lowest BCUT2D eigenvalue weighted by Gasteiger charge is -2.47. The maximum atomic E-state index is 13.3. The van der Waals surface area contributed by atoms with E-state index in [0.717, 1.165) is 19.3 Å². The smallest absolute Gasteiger partial charge is 0.335 e. The van der Waals surface area contributed by atoms with E-state index in [1.807, 2.05) is 24.3 Å². The lowest BCUT2D eigenvalue weighted by molar-refractivity contribution is -0.126. The number of piperidine rings is 2. The molecule has 4 atom stereocenters. The molecule has 2 heterocycles. The molecular weight excluding hydrogens is 633 g/mol. The van der Waals surface area contributed by atoms with Crippen molar-refractivity contribution in [3.8, 4) is 0 Å². The molecule has 6 rings (SSSR count). The fraction of sp³-hybridized carbons (Fsp3) is 0.412. The molecule has 3 N–H and O–H groups in total. The summed E-state index contributed by atoms with van der Waals surface area (Å²) in [7, 11) is -3.82. The van der Waals surface area contributed by atoms with Gasteiger partial charge in [-0.05, 0) is 97.5 Å². The van der Waals surface area contributed by atoms with E-state index in [2.05, 4.69) is 34.9 Å². The zero-order valence-corrected chi connectivity index (χ0v) is 27.1. The number of carbonyl (C=O) groups is 2. The van der Waals surface area contributed by atoms with Crippen LogP contribution in [0.5, 0.6) is 0 Å². The van der Waals surface area contributed by atoms with Gasteiger partial charge in [0.15, 0.2) is 0 Å². The molecule has 238 valence electrons. The molecule has 0 radical (unpaired) electrons. The number of benzene rings is 3. The normalized spacial score (nSPS) is 24.6. The fourth-order valence-corrected chi connectivity index (χ4v) is 9.31. The zero-order chi connectivity index (χ0) is 31.7. The Morgan fingerprint density at radius 1 is 0.911 bits per heavy atom. The minimum atomic E-state index is -3.82. The Bertz CT molecular complexity index is 1600. The van der Waals surface area contributed by atoms with Gasteiger partial charge in [-0.1, -0.05) is 53.5 Å². The molecule has 3 aromatic rings. The Morgan fingerprint density at radius 2 is 1.53 bits per heavy atom. The average Bonchev–Trinajstić information content (AvgIpc) is 3.03. The number of rotatable bonds is 8. The van der Waals surface area contributed by atoms with Gasteiger partial charge in [-0.25, -0.2) is 13.2 Å². The number of carbonyl (C=O) groups excluding carboxylic acids is 1. The SMILES string of the molecule is O=C1CC(NC2CCN(S(=O)(=O)c3cccc(C(=O)O)c3)CC2)C2CC(C(c3ccc(Cl)cc3)c3ccc(Cl)cc3)CCC2N1. The van der Waals surface area contributed by atoms with E-state index in [9.17, 15) is 23.1 Å². The zero-order valence-electron chi connectivity index (χ0n) is 24.7. The molecular formula is C34H37Cl2N3O5S. The predicted molar refractivity (Wildman–Crippen MR) is 174 cm³/mol. The van der Waals surface area contributed by atoms with Gasteiger partial charge in [0.1, 0.15) is 0 Å². The number of sulfonamides is 1. The highest BCUT2D eigenvalue weighted by atomic mass is 35.5. The van der Waals surface area contributed by atoms with E-state index >= 15 is 0 Å². The molecule has 1 aliphatic carbocycles. The van der Waals surface area contributed by atoms with Gasteiger partial charge in [-0.15, -0.1) is 0 Å². The molecule has 3 aliphatic rings. The molecule has 3 fully saturated rings. The molecule has 1 amide bonds. The molecule has 0 aromatic heterocycles. The first-order valence-corrected chi connectivity index (χ1v) is 17.7. The summed E-state index contributed by atoms with van der Waals surface area (Å²) >= 11 is 12.5. The van der Waals surface area contributed by atoms with Crippen LogP contribution in [-0.4, -0.2) is 60.9 Å². The van der Waals surface area contributed by atoms with Crippen molar-refractivity contribution < 1.29 is 23.1 Å². The van der Waals surface area contributed by atoms with Gasteiger partial charge in [0.2, 0.25) is 15.9 Å². The lowest BCUT2D eigenvalue weighted by Crippen LogP contribution is -2.60. The van der Waals surface area contributed by atoms with Gasteiger partial charge in [0, 0.05) is 53.6 Å². The third kappa shape index (κ3) is 7.08. The molecule has 45 heavy (non-hydrogen) atoms. The molecule has 0 bridgehead atoms. The number of carboxylic acid groups (broad SMARTS) is 1. The Kier molecular flexibility index (Phi) is 9.54. The summed E-state index contributed by atoms with van der Waals surface area (Å²) in [5.74, 6) is -0.364. The second kappa shape index (κ2) is 13.4. The van der Waals surface area contributed by atoms with E-state index in [-0.39, 0.29) is 46.3 Å². The van der Waals surface area contributed by atoms with E-state index in [1.54, 1.807) is 0 Å². The van der Waals surface area contributed by atoms with E-state index in [0.29, 0.717) is 48.3 Å². The third-order valence-corrected chi connectivity index (χ3v) is 12.2. The molecule has 8 nitrogen and oxygen atoms in total. The monoisotopic (exact) mass is 669 g/mol. The van der Waals surface area contributed by atoms with Crippen molar-refractivity contribution in [2.45, 2.75) is 67.5 Å². The van der Waals surface area contributed by atoms with Crippen LogP contribution in [0.1, 0.15) is 65.9 Å². The van der Waals surface area contributed by atoms with Gasteiger partial charge in [-0.3, -0.25) is 4.79 Å². The first-order valence-electron chi connectivity index (χ1n) is 15.5. The van der Waals surface area contributed by atoms with Crippen LogP contribution < -0.4 is 10.6 Å². The first-order chi connectivity index (χ1) is 21.6. The highest BCUT2D eigenvalue weighted by molar-refractivity contribution is 7.89. The predicted octanol–water partition coefficient (Wildman–Crippen LogP) is 5.94. The number of fused-ring (bicyclic) bond motifs is 1. The highest BCUT2D eigenvalue weighted by Gasteiger charge is 2.44. The number of nitrogens with zero attached hydrogens (tertiary/aromatic N) is 1. The summed E-state index contributed by atoms with van der Waals surface area (Å²) in [4.78, 5) is 24.2. The molecule has 4 unspecified atom stereocenters. The van der Waals surface area contributed by atoms with E-state index in [4.69, 9.17) is 23.2 Å². The van der Waals surface area contributed by atoms with Gasteiger partial charge in [0.05, 0.1) is 10.5 Å². The second-order valence-electron chi connectivity index (χ2n) is 12.5. The van der Waals surface area contributed by atoms with Gasteiger partial charge < -0.3 is 15.7 Å². The van der Waals surface area contributed by atoms with Crippen molar-refractivity contribution in [1.29, 1.82) is 0 Å². The van der Waals surface area contributed by atoms with Crippen LogP contribution in [0.2, 0.25) is 10.0 Å². The number of amides is 1. The van der Waals surface area contributed by atoms with Crippen LogP contribution in [0, 0.1) is 11.8 Å². The van der Waals surface area contributed by atoms with Crippen LogP contribution in [0.4, 0.5) is 0 Å². The van der Waals surface area contributed by atoms with Crippen LogP contribution in [-0.2, 0) is 14.8 Å². The quantitative estimate of drug-likeness (QED) is 0.273. The van der Waals surface area contributed by atoms with Crippen LogP contribution in [0.15, 0.2) is 77.7 Å². The van der Waals surface area contributed by atoms with Gasteiger partial charge in [-0.2, -0.15) is 4.31 Å². The number of carboxylic acids is 1. The molecule has 11 heteroatoms. The summed E-state index contributed by atoms with van der Waals surface area (Å²) in [5.41, 5.74) is 2.35. The van der Waals surface area contributed by atoms with Crippen molar-refractivity contribution >= 4 is 45.1 Å². The Hall–Kier alpha value is -2.95. The number of aromatic carboxylic acids is 1. The largest absolute Gasteiger partial charge is 0.478 e. The Balaban J connectivity index is 1.16. The van der Waals surface area contributed by atoms with Crippen LogP contribution in [0.25, 0.3) is 0 Å². The highest BCUT2D eigenvalue weighted by Crippen LogP contribution is 2.45. The minimum Gasteiger partial charge on any atom is -0.478 e. The Labute approximate surface area is 274 Å². The number of halogens is 2. The molecule has 0 spiro atoms. The van der Waals surface area contributed by atoms with Gasteiger partial charge in [0.25, 0.3) is 0 Å². The van der Waals surface area contributed by atoms with Crippen LogP contribution >= 0.6 is 23.2 Å². The number of nitrogens with one attached hydrogen (secondary N) is 2. The van der Waals surface area contributed by atoms with E-state index in [1.165, 1.54) is 39.7 Å². The average molecular weight is 671 g/mol. The summed E-state index contributed by atoms with van der Waals surface area (Å²) < 4.78 is 28.0. The third-order valence-electron chi connectivity index (χ3n) is 9.76. The van der Waals surface area contributed by atoms with Gasteiger partial charge >= 0.3 is 5.97 Å².